The van der Waals surface area contributed by atoms with E-state index in [-0.39, 0.29) is 5.41 Å². The van der Waals surface area contributed by atoms with Crippen molar-refractivity contribution < 1.29 is 4.79 Å². The second-order valence-corrected chi connectivity index (χ2v) is 3.84. The van der Waals surface area contributed by atoms with Crippen LogP contribution >= 0.6 is 0 Å². The Labute approximate surface area is 76.9 Å². The molecule has 0 aliphatic heterocycles. The molecule has 1 heterocycles. The summed E-state index contributed by atoms with van der Waals surface area (Å²) in [5.41, 5.74) is 0.810. The molecule has 2 rings (SSSR count). The van der Waals surface area contributed by atoms with Gasteiger partial charge in [0.25, 0.3) is 0 Å². The lowest BCUT2D eigenvalue weighted by Gasteiger charge is -2.35. The minimum absolute atomic E-state index is 0.115. The van der Waals surface area contributed by atoms with Crippen molar-refractivity contribution in [1.82, 2.24) is 15.0 Å². The number of hydrogen-bond donors (Lipinski definition) is 0. The second kappa shape index (κ2) is 2.94. The molecule has 1 aliphatic rings. The van der Waals surface area contributed by atoms with Crippen molar-refractivity contribution in [2.45, 2.75) is 25.7 Å². The standard InChI is InChI=1S/C9H13N3O/c1-12-10-6-8(11-12)5-9(7-13)3-2-4-9/h6-7H,2-5H2,1H3. The van der Waals surface area contributed by atoms with Gasteiger partial charge >= 0.3 is 0 Å². The quantitative estimate of drug-likeness (QED) is 0.642. The van der Waals surface area contributed by atoms with Crippen molar-refractivity contribution in [1.29, 1.82) is 0 Å². The predicted octanol–water partition coefficient (Wildman–Crippen LogP) is 0.727. The molecule has 0 unspecified atom stereocenters. The summed E-state index contributed by atoms with van der Waals surface area (Å²) in [6, 6.07) is 0. The van der Waals surface area contributed by atoms with Gasteiger partial charge in [0, 0.05) is 18.9 Å². The number of nitrogens with zero attached hydrogens (tertiary/aromatic N) is 3. The molecule has 70 valence electrons. The summed E-state index contributed by atoms with van der Waals surface area (Å²) < 4.78 is 0. The van der Waals surface area contributed by atoms with E-state index >= 15 is 0 Å². The highest BCUT2D eigenvalue weighted by atomic mass is 16.1. The van der Waals surface area contributed by atoms with Crippen LogP contribution in [-0.2, 0) is 18.3 Å². The first-order chi connectivity index (χ1) is 6.24. The molecule has 0 bridgehead atoms. The van der Waals surface area contributed by atoms with E-state index in [4.69, 9.17) is 0 Å². The largest absolute Gasteiger partial charge is 0.303 e. The van der Waals surface area contributed by atoms with Crippen LogP contribution in [0.1, 0.15) is 25.0 Å². The van der Waals surface area contributed by atoms with Crippen LogP contribution in [-0.4, -0.2) is 21.3 Å². The molecular formula is C9H13N3O. The van der Waals surface area contributed by atoms with Gasteiger partial charge in [0.05, 0.1) is 11.9 Å². The molecule has 0 N–H and O–H groups in total. The molecule has 1 aromatic heterocycles. The highest BCUT2D eigenvalue weighted by molar-refractivity contribution is 5.61. The van der Waals surface area contributed by atoms with Gasteiger partial charge in [-0.2, -0.15) is 15.0 Å². The number of aromatic nitrogens is 3. The molecule has 13 heavy (non-hydrogen) atoms. The zero-order valence-electron chi connectivity index (χ0n) is 7.73. The van der Waals surface area contributed by atoms with Gasteiger partial charge in [0.15, 0.2) is 0 Å². The highest BCUT2D eigenvalue weighted by Crippen LogP contribution is 2.41. The molecule has 0 atom stereocenters. The summed E-state index contributed by atoms with van der Waals surface area (Å²) in [5, 5.41) is 8.16. The first kappa shape index (κ1) is 8.41. The van der Waals surface area contributed by atoms with E-state index in [1.54, 1.807) is 13.2 Å². The van der Waals surface area contributed by atoms with Gasteiger partial charge in [0.1, 0.15) is 6.29 Å². The van der Waals surface area contributed by atoms with Crippen molar-refractivity contribution in [3.63, 3.8) is 0 Å². The summed E-state index contributed by atoms with van der Waals surface area (Å²) in [5.74, 6) is 0. The van der Waals surface area contributed by atoms with E-state index in [1.807, 2.05) is 0 Å². The topological polar surface area (TPSA) is 47.8 Å². The number of hydrogen-bond acceptors (Lipinski definition) is 3. The number of aldehydes is 1. The monoisotopic (exact) mass is 179 g/mol. The van der Waals surface area contributed by atoms with Crippen LogP contribution in [0.15, 0.2) is 6.20 Å². The first-order valence-corrected chi connectivity index (χ1v) is 4.56. The van der Waals surface area contributed by atoms with Gasteiger partial charge < -0.3 is 4.79 Å². The predicted molar refractivity (Wildman–Crippen MR) is 47.1 cm³/mol. The maximum absolute atomic E-state index is 10.9. The molecule has 0 aromatic carbocycles. The molecule has 1 aliphatic carbocycles. The van der Waals surface area contributed by atoms with E-state index < -0.39 is 0 Å². The maximum Gasteiger partial charge on any atom is 0.126 e. The third kappa shape index (κ3) is 1.48. The normalized spacial score (nSPS) is 19.5. The fourth-order valence-electron chi connectivity index (χ4n) is 1.80. The third-order valence-electron chi connectivity index (χ3n) is 2.78. The lowest BCUT2D eigenvalue weighted by atomic mass is 9.67. The molecule has 0 saturated heterocycles. The number of aryl methyl sites for hydroxylation is 1. The molecule has 0 amide bonds. The Morgan fingerprint density at radius 1 is 1.69 bits per heavy atom. The molecule has 4 nitrogen and oxygen atoms in total. The molecule has 0 spiro atoms. The van der Waals surface area contributed by atoms with Crippen molar-refractivity contribution in [2.75, 3.05) is 0 Å². The molecule has 1 fully saturated rings. The van der Waals surface area contributed by atoms with Gasteiger partial charge in [-0.3, -0.25) is 0 Å². The average molecular weight is 179 g/mol. The van der Waals surface area contributed by atoms with Gasteiger partial charge in [-0.15, -0.1) is 0 Å². The maximum atomic E-state index is 10.9. The van der Waals surface area contributed by atoms with E-state index in [0.29, 0.717) is 0 Å². The van der Waals surface area contributed by atoms with E-state index in [9.17, 15) is 4.79 Å². The zero-order chi connectivity index (χ0) is 9.31. The summed E-state index contributed by atoms with van der Waals surface area (Å²) in [4.78, 5) is 12.4. The van der Waals surface area contributed by atoms with E-state index in [0.717, 1.165) is 31.2 Å². The minimum Gasteiger partial charge on any atom is -0.303 e. The fourth-order valence-corrected chi connectivity index (χ4v) is 1.80. The fraction of sp³-hybridized carbons (Fsp3) is 0.667. The Balaban J connectivity index is 2.08. The van der Waals surface area contributed by atoms with Crippen LogP contribution in [0, 0.1) is 5.41 Å². The number of carbonyl (C=O) groups is 1. The summed E-state index contributed by atoms with van der Waals surface area (Å²) >= 11 is 0. The minimum atomic E-state index is -0.115. The third-order valence-corrected chi connectivity index (χ3v) is 2.78. The van der Waals surface area contributed by atoms with Crippen LogP contribution in [0.4, 0.5) is 0 Å². The summed E-state index contributed by atoms with van der Waals surface area (Å²) in [6.07, 6.45) is 6.76. The van der Waals surface area contributed by atoms with Crippen molar-refractivity contribution >= 4 is 6.29 Å². The number of carbonyl (C=O) groups excluding carboxylic acids is 1. The molecule has 1 aromatic rings. The van der Waals surface area contributed by atoms with Crippen LogP contribution < -0.4 is 0 Å². The van der Waals surface area contributed by atoms with Crippen molar-refractivity contribution in [3.8, 4) is 0 Å². The lowest BCUT2D eigenvalue weighted by molar-refractivity contribution is -0.120. The Bertz CT molecular complexity index is 314. The molecule has 1 saturated carbocycles. The first-order valence-electron chi connectivity index (χ1n) is 4.56. The Kier molecular flexibility index (Phi) is 1.90. The van der Waals surface area contributed by atoms with E-state index in [2.05, 4.69) is 10.2 Å². The SMILES string of the molecule is Cn1ncc(CC2(C=O)CCC2)n1. The highest BCUT2D eigenvalue weighted by Gasteiger charge is 2.37. The number of rotatable bonds is 3. The Morgan fingerprint density at radius 2 is 2.46 bits per heavy atom. The van der Waals surface area contributed by atoms with Crippen LogP contribution in [0.3, 0.4) is 0 Å². The molecular weight excluding hydrogens is 166 g/mol. The van der Waals surface area contributed by atoms with E-state index in [1.165, 1.54) is 11.2 Å². The second-order valence-electron chi connectivity index (χ2n) is 3.84. The molecule has 0 radical (unpaired) electrons. The van der Waals surface area contributed by atoms with Gasteiger partial charge in [-0.25, -0.2) is 0 Å². The Hall–Kier alpha value is -1.19. The lowest BCUT2D eigenvalue weighted by Crippen LogP contribution is -2.33. The smallest absolute Gasteiger partial charge is 0.126 e. The van der Waals surface area contributed by atoms with Gasteiger partial charge in [-0.05, 0) is 12.8 Å². The summed E-state index contributed by atoms with van der Waals surface area (Å²) in [7, 11) is 1.79. The summed E-state index contributed by atoms with van der Waals surface area (Å²) in [6.45, 7) is 0. The molecule has 4 heteroatoms. The zero-order valence-corrected chi connectivity index (χ0v) is 7.73. The van der Waals surface area contributed by atoms with Crippen LogP contribution in [0.25, 0.3) is 0 Å². The van der Waals surface area contributed by atoms with Crippen molar-refractivity contribution in [3.05, 3.63) is 11.9 Å². The Morgan fingerprint density at radius 3 is 2.85 bits per heavy atom. The van der Waals surface area contributed by atoms with Crippen LogP contribution in [0.2, 0.25) is 0 Å². The average Bonchev–Trinajstić information content (AvgIpc) is 2.44. The van der Waals surface area contributed by atoms with Crippen LogP contribution in [0.5, 0.6) is 0 Å². The van der Waals surface area contributed by atoms with Crippen molar-refractivity contribution in [2.24, 2.45) is 12.5 Å². The van der Waals surface area contributed by atoms with Gasteiger partial charge in [-0.1, -0.05) is 6.42 Å². The van der Waals surface area contributed by atoms with Gasteiger partial charge in [0.2, 0.25) is 0 Å².